The number of aryl methyl sites for hydroxylation is 2. The maximum absolute atomic E-state index is 12.3. The number of anilines is 1. The highest BCUT2D eigenvalue weighted by molar-refractivity contribution is 6.05. The number of nitrogens with one attached hydrogen (secondary N) is 1. The van der Waals surface area contributed by atoms with Gasteiger partial charge in [-0.1, -0.05) is 18.2 Å². The van der Waals surface area contributed by atoms with E-state index in [-0.39, 0.29) is 23.0 Å². The maximum Gasteiger partial charge on any atom is 0.270 e. The Bertz CT molecular complexity index is 1020. The van der Waals surface area contributed by atoms with Crippen molar-refractivity contribution in [2.24, 2.45) is 0 Å². The van der Waals surface area contributed by atoms with E-state index in [1.54, 1.807) is 50.2 Å². The first-order valence-electron chi connectivity index (χ1n) is 8.48. The number of carbonyl (C=O) groups is 1. The molecule has 142 valence electrons. The van der Waals surface area contributed by atoms with E-state index in [2.05, 4.69) is 5.32 Å². The van der Waals surface area contributed by atoms with Crippen molar-refractivity contribution in [3.8, 4) is 17.2 Å². The summed E-state index contributed by atoms with van der Waals surface area (Å²) in [4.78, 5) is 22.8. The van der Waals surface area contributed by atoms with Crippen LogP contribution in [0.5, 0.6) is 17.2 Å². The minimum Gasteiger partial charge on any atom is -0.506 e. The lowest BCUT2D eigenvalue weighted by Crippen LogP contribution is -2.11. The number of amides is 1. The Hall–Kier alpha value is -3.87. The van der Waals surface area contributed by atoms with Gasteiger partial charge in [0, 0.05) is 23.8 Å². The molecule has 0 saturated heterocycles. The fourth-order valence-electron chi connectivity index (χ4n) is 2.77. The van der Waals surface area contributed by atoms with Gasteiger partial charge in [-0.2, -0.15) is 0 Å². The van der Waals surface area contributed by atoms with Crippen molar-refractivity contribution >= 4 is 17.3 Å². The number of nitrogens with zero attached hydrogens (tertiary/aromatic N) is 1. The van der Waals surface area contributed by atoms with Gasteiger partial charge in [-0.15, -0.1) is 0 Å². The van der Waals surface area contributed by atoms with Crippen molar-refractivity contribution in [2.75, 3.05) is 5.32 Å². The van der Waals surface area contributed by atoms with Crippen LogP contribution in [0.2, 0.25) is 0 Å². The van der Waals surface area contributed by atoms with Crippen LogP contribution in [0, 0.1) is 24.0 Å². The van der Waals surface area contributed by atoms with Gasteiger partial charge in [-0.05, 0) is 49.2 Å². The third-order valence-corrected chi connectivity index (χ3v) is 4.13. The molecule has 0 bridgehead atoms. The van der Waals surface area contributed by atoms with Crippen LogP contribution in [0.1, 0.15) is 21.5 Å². The van der Waals surface area contributed by atoms with E-state index in [0.29, 0.717) is 28.2 Å². The van der Waals surface area contributed by atoms with Crippen molar-refractivity contribution in [3.05, 3.63) is 87.5 Å². The Labute approximate surface area is 161 Å². The summed E-state index contributed by atoms with van der Waals surface area (Å²) in [5, 5.41) is 23.7. The standard InChI is InChI=1S/C21H18N2O5/c1-13-10-16(23(26)27)11-14(2)20(13)28-17-8-9-19(24)18(12-17)22-21(25)15-6-4-3-5-7-15/h3-12,24H,1-2H3,(H,22,25). The molecule has 28 heavy (non-hydrogen) atoms. The van der Waals surface area contributed by atoms with Crippen molar-refractivity contribution < 1.29 is 19.6 Å². The van der Waals surface area contributed by atoms with Crippen LogP contribution in [0.15, 0.2) is 60.7 Å². The van der Waals surface area contributed by atoms with Crippen LogP contribution in [-0.2, 0) is 0 Å². The van der Waals surface area contributed by atoms with Crippen LogP contribution in [0.3, 0.4) is 0 Å². The first-order chi connectivity index (χ1) is 13.3. The number of benzene rings is 3. The zero-order valence-electron chi connectivity index (χ0n) is 15.3. The van der Waals surface area contributed by atoms with Crippen molar-refractivity contribution in [1.29, 1.82) is 0 Å². The number of carbonyl (C=O) groups excluding carboxylic acids is 1. The monoisotopic (exact) mass is 378 g/mol. The number of aromatic hydroxyl groups is 1. The quantitative estimate of drug-likeness (QED) is 0.371. The van der Waals surface area contributed by atoms with Crippen LogP contribution >= 0.6 is 0 Å². The highest BCUT2D eigenvalue weighted by Crippen LogP contribution is 2.35. The van der Waals surface area contributed by atoms with Crippen LogP contribution < -0.4 is 10.1 Å². The summed E-state index contributed by atoms with van der Waals surface area (Å²) in [5.41, 5.74) is 1.85. The zero-order valence-corrected chi connectivity index (χ0v) is 15.3. The summed E-state index contributed by atoms with van der Waals surface area (Å²) in [6.45, 7) is 3.43. The second-order valence-corrected chi connectivity index (χ2v) is 6.27. The molecule has 0 unspecified atom stereocenters. The zero-order chi connectivity index (χ0) is 20.3. The molecule has 2 N–H and O–H groups in total. The van der Waals surface area contributed by atoms with Gasteiger partial charge in [-0.25, -0.2) is 0 Å². The van der Waals surface area contributed by atoms with E-state index >= 15 is 0 Å². The maximum atomic E-state index is 12.3. The van der Waals surface area contributed by atoms with E-state index in [9.17, 15) is 20.0 Å². The average Bonchev–Trinajstić information content (AvgIpc) is 2.67. The number of phenols is 1. The molecule has 0 aliphatic carbocycles. The molecule has 0 heterocycles. The molecule has 7 heteroatoms. The molecule has 0 aromatic heterocycles. The summed E-state index contributed by atoms with van der Waals surface area (Å²) < 4.78 is 5.87. The number of nitro benzene ring substituents is 1. The second-order valence-electron chi connectivity index (χ2n) is 6.27. The minimum atomic E-state index is -0.457. The molecule has 0 aliphatic heterocycles. The fraction of sp³-hybridized carbons (Fsp3) is 0.0952. The molecule has 7 nitrogen and oxygen atoms in total. The van der Waals surface area contributed by atoms with Gasteiger partial charge in [0.25, 0.3) is 11.6 Å². The van der Waals surface area contributed by atoms with Crippen LogP contribution in [0.25, 0.3) is 0 Å². The lowest BCUT2D eigenvalue weighted by atomic mass is 10.1. The number of non-ortho nitro benzene ring substituents is 1. The first-order valence-corrected chi connectivity index (χ1v) is 8.48. The summed E-state index contributed by atoms with van der Waals surface area (Å²) >= 11 is 0. The van der Waals surface area contributed by atoms with E-state index in [1.807, 2.05) is 0 Å². The topological polar surface area (TPSA) is 102 Å². The van der Waals surface area contributed by atoms with E-state index in [0.717, 1.165) is 0 Å². The Morgan fingerprint density at radius 3 is 2.29 bits per heavy atom. The Balaban J connectivity index is 1.86. The molecule has 3 aromatic carbocycles. The highest BCUT2D eigenvalue weighted by Gasteiger charge is 2.15. The summed E-state index contributed by atoms with van der Waals surface area (Å²) in [7, 11) is 0. The molecule has 0 spiro atoms. The molecule has 3 rings (SSSR count). The van der Waals surface area contributed by atoms with E-state index in [4.69, 9.17) is 4.74 Å². The number of phenolic OH excluding ortho intramolecular Hbond substituents is 1. The molecular formula is C21H18N2O5. The van der Waals surface area contributed by atoms with Gasteiger partial charge in [-0.3, -0.25) is 14.9 Å². The number of ether oxygens (including phenoxy) is 1. The van der Waals surface area contributed by atoms with Gasteiger partial charge in [0.1, 0.15) is 17.2 Å². The van der Waals surface area contributed by atoms with Crippen LogP contribution in [-0.4, -0.2) is 15.9 Å². The van der Waals surface area contributed by atoms with E-state index in [1.165, 1.54) is 24.3 Å². The van der Waals surface area contributed by atoms with Gasteiger partial charge in [0.2, 0.25) is 0 Å². The predicted octanol–water partition coefficient (Wildman–Crippen LogP) is 4.96. The van der Waals surface area contributed by atoms with Crippen LogP contribution in [0.4, 0.5) is 11.4 Å². The number of nitro groups is 1. The Morgan fingerprint density at radius 1 is 1.04 bits per heavy atom. The molecule has 0 saturated carbocycles. The molecule has 3 aromatic rings. The average molecular weight is 378 g/mol. The highest BCUT2D eigenvalue weighted by atomic mass is 16.6. The molecule has 0 radical (unpaired) electrons. The largest absolute Gasteiger partial charge is 0.506 e. The van der Waals surface area contributed by atoms with E-state index < -0.39 is 4.92 Å². The molecule has 0 atom stereocenters. The lowest BCUT2D eigenvalue weighted by molar-refractivity contribution is -0.385. The number of hydrogen-bond donors (Lipinski definition) is 2. The predicted molar refractivity (Wildman–Crippen MR) is 105 cm³/mol. The van der Waals surface area contributed by atoms with Gasteiger partial charge < -0.3 is 15.2 Å². The normalized spacial score (nSPS) is 10.4. The van der Waals surface area contributed by atoms with Crippen molar-refractivity contribution in [3.63, 3.8) is 0 Å². The number of rotatable bonds is 5. The Kier molecular flexibility index (Phi) is 5.26. The second kappa shape index (κ2) is 7.79. The van der Waals surface area contributed by atoms with Gasteiger partial charge in [0.05, 0.1) is 10.6 Å². The lowest BCUT2D eigenvalue weighted by Gasteiger charge is -2.14. The molecule has 0 fully saturated rings. The third-order valence-electron chi connectivity index (χ3n) is 4.13. The molecular weight excluding hydrogens is 360 g/mol. The summed E-state index contributed by atoms with van der Waals surface area (Å²) in [6.07, 6.45) is 0. The number of hydrogen-bond acceptors (Lipinski definition) is 5. The molecule has 1 amide bonds. The van der Waals surface area contributed by atoms with Gasteiger partial charge >= 0.3 is 0 Å². The fourth-order valence-corrected chi connectivity index (χ4v) is 2.77. The van der Waals surface area contributed by atoms with Gasteiger partial charge in [0.15, 0.2) is 0 Å². The SMILES string of the molecule is Cc1cc([N+](=O)[O-])cc(C)c1Oc1ccc(O)c(NC(=O)c2ccccc2)c1. The third kappa shape index (κ3) is 4.09. The Morgan fingerprint density at radius 2 is 1.68 bits per heavy atom. The van der Waals surface area contributed by atoms with Crippen molar-refractivity contribution in [2.45, 2.75) is 13.8 Å². The summed E-state index contributed by atoms with van der Waals surface area (Å²) in [5.74, 6) is 0.391. The molecule has 0 aliphatic rings. The first kappa shape index (κ1) is 18.9. The summed E-state index contributed by atoms with van der Waals surface area (Å²) in [6, 6.07) is 15.9. The van der Waals surface area contributed by atoms with Crippen molar-refractivity contribution in [1.82, 2.24) is 0 Å². The minimum absolute atomic E-state index is 0.0103. The smallest absolute Gasteiger partial charge is 0.270 e.